The summed E-state index contributed by atoms with van der Waals surface area (Å²) in [4.78, 5) is 20.7. The minimum absolute atomic E-state index is 0.210. The Morgan fingerprint density at radius 1 is 1.09 bits per heavy atom. The molecule has 0 N–H and O–H groups in total. The Bertz CT molecular complexity index is 135. The van der Waals surface area contributed by atoms with Crippen LogP contribution >= 0.6 is 23.2 Å². The normalized spacial score (nSPS) is 8.18. The van der Waals surface area contributed by atoms with Gasteiger partial charge in [0.05, 0.1) is 0 Å². The van der Waals surface area contributed by atoms with E-state index in [0.29, 0.717) is 0 Å². The summed E-state index contributed by atoms with van der Waals surface area (Å²) in [7, 11) is 0. The summed E-state index contributed by atoms with van der Waals surface area (Å²) in [5.41, 5.74) is 0. The summed E-state index contributed by atoms with van der Waals surface area (Å²) < 4.78 is 9.03. The molecule has 0 unspecified atom stereocenters. The first-order chi connectivity index (χ1) is 5.20. The van der Waals surface area contributed by atoms with Gasteiger partial charge in [-0.15, -0.1) is 0 Å². The molecule has 0 atom stereocenters. The van der Waals surface area contributed by atoms with Gasteiger partial charge in [-0.3, -0.25) is 0 Å². The van der Waals surface area contributed by atoms with Crippen LogP contribution in [0.2, 0.25) is 0 Å². The molecule has 0 spiro atoms. The van der Waals surface area contributed by atoms with Gasteiger partial charge in [-0.05, 0) is 0 Å². The van der Waals surface area contributed by atoms with Crippen molar-refractivity contribution in [3.63, 3.8) is 0 Å². The van der Waals surface area contributed by atoms with E-state index in [2.05, 4.69) is 5.29 Å². The Hall–Kier alpha value is 0.455. The van der Waals surface area contributed by atoms with Crippen molar-refractivity contribution in [3.8, 4) is 0 Å². The summed E-state index contributed by atoms with van der Waals surface area (Å²) in [5.74, 6) is -1.51. The molecule has 0 aromatic carbocycles. The number of halogens is 2. The molecule has 0 heterocycles. The molecule has 0 aromatic heterocycles. The fraction of sp³-hybridized carbons (Fsp3) is 0.500. The summed E-state index contributed by atoms with van der Waals surface area (Å²) >= 11 is 7.93. The summed E-state index contributed by atoms with van der Waals surface area (Å²) in [6.45, 7) is 0. The fourth-order valence-electron chi connectivity index (χ4n) is 0.238. The minimum atomic E-state index is -2.26. The van der Waals surface area contributed by atoms with Crippen molar-refractivity contribution < 1.29 is 40.4 Å². The molecule has 0 aliphatic rings. The van der Waals surface area contributed by atoms with Crippen molar-refractivity contribution >= 4 is 35.1 Å². The molecule has 0 saturated carbocycles. The third kappa shape index (κ3) is 6.84. The maximum atomic E-state index is 10.4. The molecule has 0 bridgehead atoms. The predicted molar refractivity (Wildman–Crippen MR) is 33.6 cm³/mol. The van der Waals surface area contributed by atoms with Gasteiger partial charge in [-0.2, -0.15) is 0 Å². The Kier molecular flexibility index (Phi) is 7.42. The second kappa shape index (κ2) is 7.12. The predicted octanol–water partition coefficient (Wildman–Crippen LogP) is 0.463. The van der Waals surface area contributed by atoms with E-state index in [-0.39, 0.29) is 11.8 Å². The van der Waals surface area contributed by atoms with E-state index in [1.54, 1.807) is 0 Å². The van der Waals surface area contributed by atoms with Crippen LogP contribution in [0.4, 0.5) is 0 Å². The number of carbonyl (C=O) groups is 2. The zero-order valence-electron chi connectivity index (χ0n) is 5.51. The van der Waals surface area contributed by atoms with Crippen molar-refractivity contribution in [2.75, 3.05) is 11.8 Å². The Morgan fingerprint density at radius 3 is 1.73 bits per heavy atom. The van der Waals surface area contributed by atoms with Gasteiger partial charge in [0.25, 0.3) is 0 Å². The third-order valence-electron chi connectivity index (χ3n) is 0.658. The molecule has 11 heavy (non-hydrogen) atoms. The molecule has 0 aliphatic heterocycles. The fourth-order valence-corrected chi connectivity index (χ4v) is 3.44. The number of hydrogen-bond acceptors (Lipinski definition) is 4. The molecule has 0 aliphatic carbocycles. The molecule has 0 rings (SSSR count). The molecule has 0 saturated heterocycles. The Balaban J connectivity index is 3.27. The van der Waals surface area contributed by atoms with E-state index in [1.807, 2.05) is 0 Å². The van der Waals surface area contributed by atoms with Crippen LogP contribution in [0.1, 0.15) is 0 Å². The van der Waals surface area contributed by atoms with Crippen LogP contribution in [-0.2, 0) is 40.4 Å². The standard InChI is InChI=1S/2C2H3ClO2.Hg/c2*3-1-2(4)5;/h2*1H2,(H,4,5);/q;;+2/p-2. The summed E-state index contributed by atoms with van der Waals surface area (Å²) in [6.07, 6.45) is 0. The van der Waals surface area contributed by atoms with Gasteiger partial charge in [0.1, 0.15) is 0 Å². The first-order valence-corrected chi connectivity index (χ1v) is 8.19. The van der Waals surface area contributed by atoms with Gasteiger partial charge in [0.2, 0.25) is 0 Å². The zero-order valence-corrected chi connectivity index (χ0v) is 12.5. The number of hydrogen-bond donors (Lipinski definition) is 0. The first-order valence-electron chi connectivity index (χ1n) is 2.64. The van der Waals surface area contributed by atoms with Crippen molar-refractivity contribution in [2.24, 2.45) is 0 Å². The second-order valence-corrected chi connectivity index (χ2v) is 5.11. The average molecular weight is 388 g/mol. The third-order valence-corrected chi connectivity index (χ3v) is 4.51. The molecule has 7 heteroatoms. The Labute approximate surface area is 86.9 Å². The second-order valence-electron chi connectivity index (χ2n) is 1.42. The van der Waals surface area contributed by atoms with Gasteiger partial charge in [-0.25, -0.2) is 0 Å². The molecular weight excluding hydrogens is 384 g/mol. The van der Waals surface area contributed by atoms with Crippen LogP contribution in [0.25, 0.3) is 0 Å². The van der Waals surface area contributed by atoms with Gasteiger partial charge in [0.15, 0.2) is 0 Å². The van der Waals surface area contributed by atoms with Crippen molar-refractivity contribution in [2.45, 2.75) is 0 Å². The molecule has 0 radical (unpaired) electrons. The molecule has 4 nitrogen and oxygen atoms in total. The van der Waals surface area contributed by atoms with Crippen LogP contribution in [0, 0.1) is 0 Å². The quantitative estimate of drug-likeness (QED) is 0.520. The van der Waals surface area contributed by atoms with Gasteiger partial charge in [0, 0.05) is 0 Å². The SMILES string of the molecule is O=C(CCl)[O][Hg][O]C(=O)CCl. The molecule has 0 fully saturated rings. The van der Waals surface area contributed by atoms with Gasteiger partial charge < -0.3 is 0 Å². The van der Waals surface area contributed by atoms with Gasteiger partial charge in [-0.1, -0.05) is 0 Å². The number of carbonyl (C=O) groups excluding carboxylic acids is 2. The van der Waals surface area contributed by atoms with Crippen LogP contribution in [-0.4, -0.2) is 23.7 Å². The topological polar surface area (TPSA) is 52.6 Å². The van der Waals surface area contributed by atoms with E-state index in [4.69, 9.17) is 23.2 Å². The molecule has 0 aromatic rings. The molecule has 60 valence electrons. The average Bonchev–Trinajstić information content (AvgIpc) is 2.04. The monoisotopic (exact) mass is 388 g/mol. The van der Waals surface area contributed by atoms with E-state index in [1.165, 1.54) is 0 Å². The van der Waals surface area contributed by atoms with E-state index in [0.717, 1.165) is 0 Å². The maximum absolute atomic E-state index is 10.4. The first kappa shape index (κ1) is 11.5. The number of alkyl halides is 2. The van der Waals surface area contributed by atoms with Crippen LogP contribution in [0.3, 0.4) is 0 Å². The van der Waals surface area contributed by atoms with Crippen LogP contribution in [0.15, 0.2) is 0 Å². The van der Waals surface area contributed by atoms with Crippen molar-refractivity contribution in [1.82, 2.24) is 0 Å². The summed E-state index contributed by atoms with van der Waals surface area (Å²) in [5, 5.41) is 0. The Morgan fingerprint density at radius 2 is 1.45 bits per heavy atom. The number of rotatable bonds is 4. The van der Waals surface area contributed by atoms with E-state index < -0.39 is 37.4 Å². The van der Waals surface area contributed by atoms with E-state index in [9.17, 15) is 9.59 Å². The molecular formula is C4H4Cl2HgO4. The van der Waals surface area contributed by atoms with Crippen LogP contribution in [0.5, 0.6) is 0 Å². The van der Waals surface area contributed by atoms with Crippen LogP contribution < -0.4 is 0 Å². The van der Waals surface area contributed by atoms with E-state index >= 15 is 0 Å². The van der Waals surface area contributed by atoms with Crippen molar-refractivity contribution in [1.29, 1.82) is 0 Å². The molecule has 0 amide bonds. The summed E-state index contributed by atoms with van der Waals surface area (Å²) in [6, 6.07) is 0. The van der Waals surface area contributed by atoms with Crippen molar-refractivity contribution in [3.05, 3.63) is 0 Å². The zero-order chi connectivity index (χ0) is 8.69. The van der Waals surface area contributed by atoms with Gasteiger partial charge >= 0.3 is 87.3 Å².